The molecule has 2 unspecified atom stereocenters. The molecule has 5 nitrogen and oxygen atoms in total. The number of nitrogens with one attached hydrogen (secondary N) is 1. The van der Waals surface area contributed by atoms with E-state index in [9.17, 15) is 9.18 Å². The fraction of sp³-hybridized carbons (Fsp3) is 0.467. The lowest BCUT2D eigenvalue weighted by Gasteiger charge is -2.15. The minimum atomic E-state index is -0.281. The Bertz CT molecular complexity index is 650. The van der Waals surface area contributed by atoms with Crippen molar-refractivity contribution in [1.82, 2.24) is 14.9 Å². The molecule has 0 spiro atoms. The largest absolute Gasteiger partial charge is 0.355 e. The van der Waals surface area contributed by atoms with Crippen molar-refractivity contribution in [2.45, 2.75) is 26.3 Å². The van der Waals surface area contributed by atoms with Gasteiger partial charge in [0.2, 0.25) is 5.91 Å². The molecule has 1 amide bonds. The number of rotatable bonds is 5. The maximum atomic E-state index is 13.2. The van der Waals surface area contributed by atoms with Crippen LogP contribution in [0.5, 0.6) is 0 Å². The summed E-state index contributed by atoms with van der Waals surface area (Å²) in [4.78, 5) is 16.3. The van der Waals surface area contributed by atoms with Crippen LogP contribution in [0.25, 0.3) is 11.0 Å². The smallest absolute Gasteiger partial charge is 0.224 e. The number of hydrogen-bond acceptors (Lipinski definition) is 3. The molecule has 0 aliphatic carbocycles. The number of amides is 1. The van der Waals surface area contributed by atoms with E-state index in [2.05, 4.69) is 10.3 Å². The van der Waals surface area contributed by atoms with Gasteiger partial charge in [-0.1, -0.05) is 6.92 Å². The van der Waals surface area contributed by atoms with Gasteiger partial charge < -0.3 is 15.6 Å². The van der Waals surface area contributed by atoms with Crippen LogP contribution in [0.3, 0.4) is 0 Å². The van der Waals surface area contributed by atoms with Crippen LogP contribution in [0.1, 0.15) is 19.7 Å². The Kier molecular flexibility index (Phi) is 4.57. The zero-order valence-corrected chi connectivity index (χ0v) is 12.6. The first-order valence-corrected chi connectivity index (χ1v) is 7.04. The molecule has 2 rings (SSSR count). The third-order valence-electron chi connectivity index (χ3n) is 3.79. The van der Waals surface area contributed by atoms with E-state index in [1.54, 1.807) is 13.0 Å². The molecule has 0 saturated heterocycles. The lowest BCUT2D eigenvalue weighted by atomic mass is 10.0. The molecule has 0 fully saturated rings. The highest BCUT2D eigenvalue weighted by Gasteiger charge is 2.16. The molecule has 2 atom stereocenters. The molecule has 0 bridgehead atoms. The fourth-order valence-electron chi connectivity index (χ4n) is 2.13. The quantitative estimate of drug-likeness (QED) is 0.874. The summed E-state index contributed by atoms with van der Waals surface area (Å²) in [6, 6.07) is 4.34. The number of carbonyl (C=O) groups is 1. The van der Waals surface area contributed by atoms with Gasteiger partial charge in [-0.15, -0.1) is 0 Å². The minimum Gasteiger partial charge on any atom is -0.355 e. The third-order valence-corrected chi connectivity index (χ3v) is 3.79. The number of nitrogens with two attached hydrogens (primary N) is 1. The fourth-order valence-corrected chi connectivity index (χ4v) is 2.13. The normalized spacial score (nSPS) is 14.1. The first-order valence-electron chi connectivity index (χ1n) is 7.04. The van der Waals surface area contributed by atoms with Crippen molar-refractivity contribution in [2.75, 3.05) is 6.54 Å². The van der Waals surface area contributed by atoms with E-state index in [0.717, 1.165) is 16.9 Å². The van der Waals surface area contributed by atoms with Gasteiger partial charge >= 0.3 is 0 Å². The Hall–Kier alpha value is -1.95. The van der Waals surface area contributed by atoms with Gasteiger partial charge in [-0.2, -0.15) is 0 Å². The summed E-state index contributed by atoms with van der Waals surface area (Å²) in [5, 5.41) is 2.85. The van der Waals surface area contributed by atoms with Gasteiger partial charge in [0.25, 0.3) is 0 Å². The Morgan fingerprint density at radius 3 is 2.86 bits per heavy atom. The van der Waals surface area contributed by atoms with Crippen LogP contribution >= 0.6 is 0 Å². The monoisotopic (exact) mass is 292 g/mol. The van der Waals surface area contributed by atoms with Gasteiger partial charge in [0.1, 0.15) is 11.6 Å². The van der Waals surface area contributed by atoms with Gasteiger partial charge in [-0.25, -0.2) is 9.37 Å². The van der Waals surface area contributed by atoms with Crippen molar-refractivity contribution in [3.8, 4) is 0 Å². The molecule has 0 saturated carbocycles. The van der Waals surface area contributed by atoms with E-state index >= 15 is 0 Å². The van der Waals surface area contributed by atoms with Gasteiger partial charge in [0.05, 0.1) is 11.0 Å². The third kappa shape index (κ3) is 3.39. The molecular weight excluding hydrogens is 271 g/mol. The number of carbonyl (C=O) groups excluding carboxylic acids is 1. The summed E-state index contributed by atoms with van der Waals surface area (Å²) in [7, 11) is 1.84. The van der Waals surface area contributed by atoms with Crippen molar-refractivity contribution in [2.24, 2.45) is 18.7 Å². The molecular formula is C15H21FN4O. The molecule has 2 aromatic rings. The number of aromatic nitrogens is 2. The highest BCUT2D eigenvalue weighted by Crippen LogP contribution is 2.16. The molecule has 6 heteroatoms. The Balaban J connectivity index is 2.01. The Labute approximate surface area is 123 Å². The van der Waals surface area contributed by atoms with Crippen molar-refractivity contribution in [1.29, 1.82) is 0 Å². The maximum Gasteiger partial charge on any atom is 0.224 e. The van der Waals surface area contributed by atoms with E-state index < -0.39 is 0 Å². The predicted molar refractivity (Wildman–Crippen MR) is 80.2 cm³/mol. The summed E-state index contributed by atoms with van der Waals surface area (Å²) in [6.07, 6.45) is 0.588. The zero-order chi connectivity index (χ0) is 15.6. The highest BCUT2D eigenvalue weighted by molar-refractivity contribution is 5.79. The Morgan fingerprint density at radius 2 is 2.19 bits per heavy atom. The summed E-state index contributed by atoms with van der Waals surface area (Å²) in [6.45, 7) is 4.09. The number of halogens is 1. The number of aryl methyl sites for hydroxylation is 1. The number of nitrogens with zero attached hydrogens (tertiary/aromatic N) is 2. The van der Waals surface area contributed by atoms with Crippen molar-refractivity contribution >= 4 is 16.9 Å². The lowest BCUT2D eigenvalue weighted by Crippen LogP contribution is -2.39. The number of hydrogen-bond donors (Lipinski definition) is 2. The van der Waals surface area contributed by atoms with E-state index in [1.807, 2.05) is 18.5 Å². The summed E-state index contributed by atoms with van der Waals surface area (Å²) in [5.74, 6) is 0.245. The summed E-state index contributed by atoms with van der Waals surface area (Å²) >= 11 is 0. The number of fused-ring (bicyclic) bond motifs is 1. The van der Waals surface area contributed by atoms with Crippen LogP contribution in [-0.2, 0) is 18.3 Å². The van der Waals surface area contributed by atoms with Gasteiger partial charge in [0, 0.05) is 32.0 Å². The van der Waals surface area contributed by atoms with Gasteiger partial charge in [-0.05, 0) is 25.1 Å². The van der Waals surface area contributed by atoms with Crippen LogP contribution < -0.4 is 11.1 Å². The van der Waals surface area contributed by atoms with E-state index in [0.29, 0.717) is 13.0 Å². The maximum absolute atomic E-state index is 13.2. The molecule has 0 aliphatic heterocycles. The summed E-state index contributed by atoms with van der Waals surface area (Å²) < 4.78 is 15.1. The average Bonchev–Trinajstić information content (AvgIpc) is 2.74. The van der Waals surface area contributed by atoms with Crippen molar-refractivity contribution in [3.05, 3.63) is 29.8 Å². The number of benzene rings is 1. The predicted octanol–water partition coefficient (Wildman–Crippen LogP) is 1.35. The number of imidazole rings is 1. The van der Waals surface area contributed by atoms with Crippen LogP contribution in [-0.4, -0.2) is 28.0 Å². The van der Waals surface area contributed by atoms with Crippen LogP contribution in [0.2, 0.25) is 0 Å². The topological polar surface area (TPSA) is 72.9 Å². The average molecular weight is 292 g/mol. The lowest BCUT2D eigenvalue weighted by molar-refractivity contribution is -0.124. The van der Waals surface area contributed by atoms with E-state index in [-0.39, 0.29) is 23.7 Å². The van der Waals surface area contributed by atoms with Gasteiger partial charge in [-0.3, -0.25) is 4.79 Å². The van der Waals surface area contributed by atoms with Crippen LogP contribution in [0.4, 0.5) is 4.39 Å². The molecule has 3 N–H and O–H groups in total. The molecule has 114 valence electrons. The first kappa shape index (κ1) is 15.4. The molecule has 0 radical (unpaired) electrons. The second kappa shape index (κ2) is 6.22. The van der Waals surface area contributed by atoms with Crippen LogP contribution in [0, 0.1) is 11.7 Å². The van der Waals surface area contributed by atoms with E-state index in [4.69, 9.17) is 5.73 Å². The molecule has 0 aliphatic rings. The highest BCUT2D eigenvalue weighted by atomic mass is 19.1. The molecule has 1 aromatic heterocycles. The van der Waals surface area contributed by atoms with Crippen molar-refractivity contribution in [3.63, 3.8) is 0 Å². The SMILES string of the molecule is CC(N)C(C)C(=O)NCCc1nc2ccc(F)cc2n1C. The van der Waals surface area contributed by atoms with Gasteiger partial charge in [0.15, 0.2) is 0 Å². The standard InChI is InChI=1S/C15H21FN4O/c1-9(10(2)17)15(21)18-7-6-14-19-12-5-4-11(16)8-13(12)20(14)3/h4-5,8-10H,6-7,17H2,1-3H3,(H,18,21). The Morgan fingerprint density at radius 1 is 1.48 bits per heavy atom. The minimum absolute atomic E-state index is 0.0604. The van der Waals surface area contributed by atoms with E-state index in [1.165, 1.54) is 12.1 Å². The second-order valence-corrected chi connectivity index (χ2v) is 5.41. The summed E-state index contributed by atoms with van der Waals surface area (Å²) in [5.41, 5.74) is 7.20. The molecule has 1 aromatic carbocycles. The molecule has 21 heavy (non-hydrogen) atoms. The zero-order valence-electron chi connectivity index (χ0n) is 12.6. The second-order valence-electron chi connectivity index (χ2n) is 5.41. The molecule has 1 heterocycles. The van der Waals surface area contributed by atoms with Crippen molar-refractivity contribution < 1.29 is 9.18 Å². The van der Waals surface area contributed by atoms with Crippen LogP contribution in [0.15, 0.2) is 18.2 Å². The first-order chi connectivity index (χ1) is 9.90.